The second-order valence-corrected chi connectivity index (χ2v) is 4.79. The van der Waals surface area contributed by atoms with Gasteiger partial charge in [0.2, 0.25) is 0 Å². The Bertz CT molecular complexity index is 1010. The van der Waals surface area contributed by atoms with E-state index in [-0.39, 0.29) is 0 Å². The average Bonchev–Trinajstić information content (AvgIpc) is 2.80. The predicted octanol–water partition coefficient (Wildman–Crippen LogP) is 2.65. The first-order chi connectivity index (χ1) is 23.3. The van der Waals surface area contributed by atoms with Crippen molar-refractivity contribution in [3.63, 3.8) is 0 Å². The van der Waals surface area contributed by atoms with Gasteiger partial charge in [-0.2, -0.15) is 0 Å². The maximum absolute atomic E-state index is 9.86. The minimum absolute atomic E-state index is 1.79. The second-order valence-electron chi connectivity index (χ2n) is 4.79. The van der Waals surface area contributed by atoms with Crippen LogP contribution >= 0.6 is 0 Å². The zero-order valence-corrected chi connectivity index (χ0v) is 23.2. The van der Waals surface area contributed by atoms with Crippen LogP contribution in [0.4, 0.5) is 71.9 Å². The number of carbonyl (C=O) groups is 15. The predicted molar refractivity (Wildman–Crippen MR) is 126 cm³/mol. The summed E-state index contributed by atoms with van der Waals surface area (Å²) < 4.78 is 25.9. The van der Waals surface area contributed by atoms with Gasteiger partial charge in [-0.3, -0.25) is 0 Å². The topological polar surface area (TPSA) is 613 Å². The Morgan fingerprint density at radius 1 is 0.192 bits per heavy atom. The summed E-state index contributed by atoms with van der Waals surface area (Å²) in [6.45, 7) is 0. The molecule has 14 N–H and O–H groups in total. The average molecular weight is 786 g/mol. The van der Waals surface area contributed by atoms with Crippen molar-refractivity contribution >= 4 is 92.3 Å². The first-order valence-corrected chi connectivity index (χ1v) is 9.46. The van der Waals surface area contributed by atoms with Crippen LogP contribution in [0.2, 0.25) is 0 Å². The minimum Gasteiger partial charge on any atom is -0.450 e. The summed E-state index contributed by atoms with van der Waals surface area (Å²) in [5.74, 6) is 0. The Morgan fingerprint density at radius 2 is 0.250 bits per heavy atom. The van der Waals surface area contributed by atoms with Crippen LogP contribution in [0.1, 0.15) is 0 Å². The molecule has 296 valence electrons. The molecule has 52 heavy (non-hydrogen) atoms. The molecule has 0 aliphatic rings. The Kier molecular flexibility index (Phi) is 40.4. The number of carbonyl (C=O) groups excluding carboxylic acids is 4. The zero-order valence-electron chi connectivity index (χ0n) is 23.2. The third-order valence-corrected chi connectivity index (χ3v) is 1.37. The molecule has 37 heteroatoms. The van der Waals surface area contributed by atoms with Crippen molar-refractivity contribution < 1.29 is 181 Å². The summed E-state index contributed by atoms with van der Waals surface area (Å²) >= 11 is 0. The third kappa shape index (κ3) is 125. The smallest absolute Gasteiger partial charge is 0.450 e. The largest absolute Gasteiger partial charge is 0.528 e. The molecule has 0 saturated heterocycles. The van der Waals surface area contributed by atoms with Crippen LogP contribution in [0.25, 0.3) is 0 Å². The summed E-state index contributed by atoms with van der Waals surface area (Å²) in [6, 6.07) is 0. The van der Waals surface area contributed by atoms with Gasteiger partial charge in [0, 0.05) is 0 Å². The van der Waals surface area contributed by atoms with Crippen LogP contribution in [-0.2, 0) is 37.9 Å². The van der Waals surface area contributed by atoms with Gasteiger partial charge >= 0.3 is 92.3 Å². The molecule has 0 amide bonds. The normalized spacial score (nSPS) is 7.54. The number of carboxylic acid groups (broad SMARTS) is 14. The fourth-order valence-corrected chi connectivity index (χ4v) is 0.654. The van der Waals surface area contributed by atoms with E-state index in [9.17, 15) is 57.5 Å². The van der Waals surface area contributed by atoms with Crippen LogP contribution in [-0.4, -0.2) is 164 Å². The molecule has 0 saturated carbocycles. The van der Waals surface area contributed by atoms with Crippen molar-refractivity contribution in [3.8, 4) is 0 Å². The zero-order chi connectivity index (χ0) is 43.3. The molecule has 0 aromatic rings. The van der Waals surface area contributed by atoms with Crippen LogP contribution in [0.15, 0.2) is 0 Å². The fraction of sp³-hybridized carbons (Fsp3) is 0. The summed E-state index contributed by atoms with van der Waals surface area (Å²) in [5, 5.41) is 103. The van der Waals surface area contributed by atoms with E-state index < -0.39 is 92.3 Å². The SMILES string of the molecule is O=C(O)O.O=C(O)O.O=C(O)O.O=C(O)OC(=O)OC(=O)O.O=C(O)OC(=O)OC(=O)O.O=C(O)OC(=O)OC(=O)O.O=C(O)OC(=O)OC(=O)O. The molecule has 0 aliphatic carbocycles. The Hall–Kier alpha value is -9.35. The van der Waals surface area contributed by atoms with Crippen LogP contribution in [0.5, 0.6) is 0 Å². The molecule has 0 rings (SSSR count). The number of hydrogen-bond acceptors (Lipinski definition) is 23. The van der Waals surface area contributed by atoms with E-state index in [4.69, 9.17) is 85.9 Å². The highest BCUT2D eigenvalue weighted by molar-refractivity contribution is 5.84. The van der Waals surface area contributed by atoms with Gasteiger partial charge in [-0.25, -0.2) is 71.9 Å². The van der Waals surface area contributed by atoms with Gasteiger partial charge in [0.25, 0.3) is 0 Å². The molecular weight excluding hydrogens is 772 g/mol. The van der Waals surface area contributed by atoms with E-state index in [2.05, 4.69) is 37.9 Å². The highest BCUT2D eigenvalue weighted by atomic mass is 16.8. The Balaban J connectivity index is -0.0000000940. The maximum Gasteiger partial charge on any atom is 0.528 e. The summed E-state index contributed by atoms with van der Waals surface area (Å²) in [7, 11) is 0. The van der Waals surface area contributed by atoms with Crippen molar-refractivity contribution in [1.82, 2.24) is 0 Å². The maximum atomic E-state index is 9.86. The fourth-order valence-electron chi connectivity index (χ4n) is 0.654. The molecule has 0 unspecified atom stereocenters. The van der Waals surface area contributed by atoms with Gasteiger partial charge in [-0.05, 0) is 0 Å². The lowest BCUT2D eigenvalue weighted by Gasteiger charge is -1.93. The molecule has 0 aromatic carbocycles. The molecule has 0 bridgehead atoms. The molecule has 0 aliphatic heterocycles. The summed E-state index contributed by atoms with van der Waals surface area (Å²) in [4.78, 5) is 141. The highest BCUT2D eigenvalue weighted by Crippen LogP contribution is 1.88. The summed E-state index contributed by atoms with van der Waals surface area (Å²) in [5.41, 5.74) is 0. The molecule has 37 nitrogen and oxygen atoms in total. The van der Waals surface area contributed by atoms with E-state index >= 15 is 0 Å². The van der Waals surface area contributed by atoms with Gasteiger partial charge in [0.1, 0.15) is 0 Å². The van der Waals surface area contributed by atoms with E-state index in [1.807, 2.05) is 0 Å². The van der Waals surface area contributed by atoms with Crippen LogP contribution < -0.4 is 0 Å². The van der Waals surface area contributed by atoms with E-state index in [0.29, 0.717) is 0 Å². The van der Waals surface area contributed by atoms with Crippen molar-refractivity contribution in [2.24, 2.45) is 0 Å². The summed E-state index contributed by atoms with van der Waals surface area (Å²) in [6.07, 6.45) is -28.1. The monoisotopic (exact) mass is 786 g/mol. The van der Waals surface area contributed by atoms with Crippen LogP contribution in [0.3, 0.4) is 0 Å². The lowest BCUT2D eigenvalue weighted by Crippen LogP contribution is -2.14. The number of ether oxygens (including phenoxy) is 8. The highest BCUT2D eigenvalue weighted by Gasteiger charge is 2.15. The first kappa shape index (κ1) is 58.2. The van der Waals surface area contributed by atoms with E-state index in [1.165, 1.54) is 0 Å². The van der Waals surface area contributed by atoms with Crippen molar-refractivity contribution in [2.45, 2.75) is 0 Å². The standard InChI is InChI=1S/4C3H2O7.3CH2O3/c4*4-1(5)9-3(8)10-2(6)7;3*2-1(3)4/h4*(H,4,5)(H,6,7);3*(H2,2,3,4). The van der Waals surface area contributed by atoms with Gasteiger partial charge in [0.15, 0.2) is 0 Å². The second kappa shape index (κ2) is 36.1. The third-order valence-electron chi connectivity index (χ3n) is 1.37. The molecule has 0 aromatic heterocycles. The number of rotatable bonds is 0. The van der Waals surface area contributed by atoms with Crippen molar-refractivity contribution in [1.29, 1.82) is 0 Å². The first-order valence-electron chi connectivity index (χ1n) is 9.46. The molecular formula is C15H14O37. The van der Waals surface area contributed by atoms with Gasteiger partial charge in [0.05, 0.1) is 0 Å². The molecule has 0 fully saturated rings. The van der Waals surface area contributed by atoms with Crippen LogP contribution in [0, 0.1) is 0 Å². The lowest BCUT2D eigenvalue weighted by atomic mass is 11.2. The molecule has 0 spiro atoms. The van der Waals surface area contributed by atoms with Gasteiger partial charge in [-0.1, -0.05) is 0 Å². The molecule has 0 radical (unpaired) electrons. The van der Waals surface area contributed by atoms with Crippen molar-refractivity contribution in [3.05, 3.63) is 0 Å². The lowest BCUT2D eigenvalue weighted by molar-refractivity contribution is 0.0514. The van der Waals surface area contributed by atoms with Gasteiger partial charge < -0.3 is 109 Å². The minimum atomic E-state index is -1.92. The molecule has 0 heterocycles. The van der Waals surface area contributed by atoms with Gasteiger partial charge in [-0.15, -0.1) is 0 Å². The quantitative estimate of drug-likeness (QED) is 0.0953. The van der Waals surface area contributed by atoms with Crippen molar-refractivity contribution in [2.75, 3.05) is 0 Å². The Labute approximate surface area is 274 Å². The van der Waals surface area contributed by atoms with E-state index in [1.54, 1.807) is 0 Å². The van der Waals surface area contributed by atoms with E-state index in [0.717, 1.165) is 0 Å². The molecule has 0 atom stereocenters. The number of hydrogen-bond donors (Lipinski definition) is 14. The Morgan fingerprint density at radius 3 is 0.288 bits per heavy atom.